The average molecular weight is 704 g/mol. The first-order valence-electron chi connectivity index (χ1n) is 18.4. The summed E-state index contributed by atoms with van der Waals surface area (Å²) in [6.45, 7) is 0. The molecule has 0 saturated carbocycles. The molecule has 0 aliphatic carbocycles. The molecule has 2 aromatic heterocycles. The molecule has 0 amide bonds. The van der Waals surface area contributed by atoms with E-state index in [-0.39, 0.29) is 0 Å². The van der Waals surface area contributed by atoms with E-state index >= 15 is 0 Å². The fourth-order valence-corrected chi connectivity index (χ4v) is 7.28. The van der Waals surface area contributed by atoms with Crippen LogP contribution in [0.25, 0.3) is 101 Å². The van der Waals surface area contributed by atoms with E-state index in [9.17, 15) is 0 Å². The standard InChI is InChI=1S/C51H33N3O/c1-5-13-34(14-6-1)42-29-43(35-15-7-2-8-16-35)31-44(30-42)37-23-21-36(22-24-37)40-25-27-45-46-28-26-41(33-48(46)55-47(45)32-40)51-53-49(38-17-9-3-10-18-38)52-50(54-51)39-19-11-4-12-20-39/h1-33H. The Labute approximate surface area is 319 Å². The van der Waals surface area contributed by atoms with Crippen molar-refractivity contribution in [3.63, 3.8) is 0 Å². The van der Waals surface area contributed by atoms with Gasteiger partial charge in [0.15, 0.2) is 17.5 Å². The van der Waals surface area contributed by atoms with Crippen LogP contribution >= 0.6 is 0 Å². The number of aromatic nitrogens is 3. The number of hydrogen-bond acceptors (Lipinski definition) is 4. The molecule has 0 unspecified atom stereocenters. The minimum Gasteiger partial charge on any atom is -0.456 e. The Balaban J connectivity index is 0.991. The molecule has 0 N–H and O–H groups in total. The first kappa shape index (κ1) is 32.2. The van der Waals surface area contributed by atoms with Gasteiger partial charge in [0.25, 0.3) is 0 Å². The molecule has 4 nitrogen and oxygen atoms in total. The second-order valence-corrected chi connectivity index (χ2v) is 13.7. The maximum atomic E-state index is 6.54. The monoisotopic (exact) mass is 703 g/mol. The van der Waals surface area contributed by atoms with Gasteiger partial charge in [-0.2, -0.15) is 0 Å². The fourth-order valence-electron chi connectivity index (χ4n) is 7.28. The lowest BCUT2D eigenvalue weighted by Gasteiger charge is -2.12. The van der Waals surface area contributed by atoms with Crippen molar-refractivity contribution in [1.29, 1.82) is 0 Å². The molecule has 8 aromatic carbocycles. The minimum atomic E-state index is 0.598. The predicted molar refractivity (Wildman–Crippen MR) is 225 cm³/mol. The van der Waals surface area contributed by atoms with Crippen molar-refractivity contribution < 1.29 is 4.42 Å². The molecule has 4 heteroatoms. The van der Waals surface area contributed by atoms with E-state index < -0.39 is 0 Å². The molecule has 0 atom stereocenters. The maximum Gasteiger partial charge on any atom is 0.164 e. The lowest BCUT2D eigenvalue weighted by molar-refractivity contribution is 0.669. The molecular formula is C51H33N3O. The zero-order valence-corrected chi connectivity index (χ0v) is 29.8. The highest BCUT2D eigenvalue weighted by molar-refractivity contribution is 6.06. The van der Waals surface area contributed by atoms with Gasteiger partial charge in [-0.1, -0.05) is 158 Å². The number of furan rings is 1. The van der Waals surface area contributed by atoms with Gasteiger partial charge in [0.05, 0.1) is 0 Å². The molecule has 0 saturated heterocycles. The third-order valence-corrected chi connectivity index (χ3v) is 10.1. The summed E-state index contributed by atoms with van der Waals surface area (Å²) in [6.07, 6.45) is 0. The molecule has 258 valence electrons. The molecule has 0 aliphatic rings. The maximum absolute atomic E-state index is 6.54. The molecule has 10 rings (SSSR count). The van der Waals surface area contributed by atoms with Crippen LogP contribution in [0.3, 0.4) is 0 Å². The highest BCUT2D eigenvalue weighted by Crippen LogP contribution is 2.37. The SMILES string of the molecule is c1ccc(-c2cc(-c3ccccc3)cc(-c3ccc(-c4ccc5c(c4)oc4cc(-c6nc(-c7ccccc7)nc(-c7ccccc7)n6)ccc45)cc3)c2)cc1. The van der Waals surface area contributed by atoms with Crippen molar-refractivity contribution in [3.8, 4) is 78.7 Å². The lowest BCUT2D eigenvalue weighted by atomic mass is 9.92. The summed E-state index contributed by atoms with van der Waals surface area (Å²) < 4.78 is 6.54. The number of rotatable bonds is 7. The van der Waals surface area contributed by atoms with Crippen LogP contribution in [0.1, 0.15) is 0 Å². The Morgan fingerprint density at radius 3 is 0.982 bits per heavy atom. The van der Waals surface area contributed by atoms with E-state index in [4.69, 9.17) is 19.4 Å². The van der Waals surface area contributed by atoms with Crippen molar-refractivity contribution in [2.75, 3.05) is 0 Å². The van der Waals surface area contributed by atoms with Crippen molar-refractivity contribution in [1.82, 2.24) is 15.0 Å². The van der Waals surface area contributed by atoms with E-state index in [0.29, 0.717) is 17.5 Å². The number of benzene rings is 8. The topological polar surface area (TPSA) is 51.8 Å². The largest absolute Gasteiger partial charge is 0.456 e. The van der Waals surface area contributed by atoms with E-state index in [2.05, 4.69) is 133 Å². The van der Waals surface area contributed by atoms with Crippen LogP contribution in [0.2, 0.25) is 0 Å². The van der Waals surface area contributed by atoms with Crippen molar-refractivity contribution in [2.45, 2.75) is 0 Å². The Bertz CT molecular complexity index is 2820. The molecule has 2 heterocycles. The molecule has 0 bridgehead atoms. The summed E-state index contributed by atoms with van der Waals surface area (Å²) in [5.41, 5.74) is 13.7. The van der Waals surface area contributed by atoms with Crippen molar-refractivity contribution in [3.05, 3.63) is 200 Å². The normalized spacial score (nSPS) is 11.3. The van der Waals surface area contributed by atoms with Gasteiger partial charge >= 0.3 is 0 Å². The third-order valence-electron chi connectivity index (χ3n) is 10.1. The molecule has 55 heavy (non-hydrogen) atoms. The summed E-state index contributed by atoms with van der Waals surface area (Å²) in [6, 6.07) is 69.6. The van der Waals surface area contributed by atoms with E-state index in [1.807, 2.05) is 66.7 Å². The number of nitrogens with zero attached hydrogens (tertiary/aromatic N) is 3. The first-order valence-corrected chi connectivity index (χ1v) is 18.4. The first-order chi connectivity index (χ1) is 27.2. The molecule has 10 aromatic rings. The Morgan fingerprint density at radius 2 is 0.545 bits per heavy atom. The smallest absolute Gasteiger partial charge is 0.164 e. The third kappa shape index (κ3) is 6.36. The lowest BCUT2D eigenvalue weighted by Crippen LogP contribution is -2.00. The van der Waals surface area contributed by atoms with Gasteiger partial charge in [0.2, 0.25) is 0 Å². The average Bonchev–Trinajstić information content (AvgIpc) is 3.64. The molecule has 0 fully saturated rings. The second kappa shape index (κ2) is 13.8. The predicted octanol–water partition coefficient (Wildman–Crippen LogP) is 13.4. The minimum absolute atomic E-state index is 0.598. The summed E-state index contributed by atoms with van der Waals surface area (Å²) in [5, 5.41) is 2.12. The van der Waals surface area contributed by atoms with E-state index in [0.717, 1.165) is 49.8 Å². The van der Waals surface area contributed by atoms with Gasteiger partial charge in [-0.05, 0) is 87.0 Å². The van der Waals surface area contributed by atoms with E-state index in [1.165, 1.54) is 33.4 Å². The molecule has 0 aliphatic heterocycles. The van der Waals surface area contributed by atoms with Gasteiger partial charge in [-0.3, -0.25) is 0 Å². The van der Waals surface area contributed by atoms with Gasteiger partial charge in [0.1, 0.15) is 11.2 Å². The van der Waals surface area contributed by atoms with Crippen LogP contribution in [-0.4, -0.2) is 15.0 Å². The molecule has 0 radical (unpaired) electrons. The summed E-state index contributed by atoms with van der Waals surface area (Å²) in [5.74, 6) is 1.86. The zero-order valence-electron chi connectivity index (χ0n) is 29.8. The second-order valence-electron chi connectivity index (χ2n) is 13.7. The summed E-state index contributed by atoms with van der Waals surface area (Å²) >= 11 is 0. The van der Waals surface area contributed by atoms with Crippen LogP contribution in [0.15, 0.2) is 205 Å². The van der Waals surface area contributed by atoms with Crippen LogP contribution in [0.4, 0.5) is 0 Å². The molecule has 0 spiro atoms. The van der Waals surface area contributed by atoms with Gasteiger partial charge in [-0.15, -0.1) is 0 Å². The van der Waals surface area contributed by atoms with Gasteiger partial charge in [0, 0.05) is 27.5 Å². The van der Waals surface area contributed by atoms with Crippen LogP contribution in [0, 0.1) is 0 Å². The van der Waals surface area contributed by atoms with Crippen molar-refractivity contribution >= 4 is 21.9 Å². The Hall–Kier alpha value is -7.43. The van der Waals surface area contributed by atoms with Crippen LogP contribution < -0.4 is 0 Å². The van der Waals surface area contributed by atoms with Gasteiger partial charge < -0.3 is 4.42 Å². The van der Waals surface area contributed by atoms with Crippen molar-refractivity contribution in [2.24, 2.45) is 0 Å². The Kier molecular flexibility index (Phi) is 8.12. The highest BCUT2D eigenvalue weighted by atomic mass is 16.3. The quantitative estimate of drug-likeness (QED) is 0.166. The zero-order chi connectivity index (χ0) is 36.6. The van der Waals surface area contributed by atoms with E-state index in [1.54, 1.807) is 0 Å². The Morgan fingerprint density at radius 1 is 0.236 bits per heavy atom. The summed E-state index contributed by atoms with van der Waals surface area (Å²) in [7, 11) is 0. The van der Waals surface area contributed by atoms with Crippen LogP contribution in [0.5, 0.6) is 0 Å². The number of fused-ring (bicyclic) bond motifs is 3. The number of hydrogen-bond donors (Lipinski definition) is 0. The van der Waals surface area contributed by atoms with Gasteiger partial charge in [-0.25, -0.2) is 15.0 Å². The highest BCUT2D eigenvalue weighted by Gasteiger charge is 2.15. The fraction of sp³-hybridized carbons (Fsp3) is 0. The molecular weight excluding hydrogens is 671 g/mol. The van der Waals surface area contributed by atoms with Crippen LogP contribution in [-0.2, 0) is 0 Å². The summed E-state index contributed by atoms with van der Waals surface area (Å²) in [4.78, 5) is 14.7.